The molecule has 0 fully saturated rings. The zero-order valence-corrected chi connectivity index (χ0v) is 4.81. The van der Waals surface area contributed by atoms with E-state index in [-0.39, 0.29) is 5.23 Å². The molecule has 1 atom stereocenters. The minimum Gasteiger partial charge on any atom is -0.765 e. The molecule has 0 aromatic heterocycles. The van der Waals surface area contributed by atoms with Crippen LogP contribution in [0.2, 0.25) is 0 Å². The third-order valence-electron chi connectivity index (χ3n) is 0.700. The Labute approximate surface area is 48.8 Å². The molecule has 0 radical (unpaired) electrons. The van der Waals surface area contributed by atoms with Crippen molar-refractivity contribution in [2.75, 3.05) is 13.2 Å². The van der Waals surface area contributed by atoms with Gasteiger partial charge >= 0.3 is 0 Å². The molecule has 0 N–H and O–H groups in total. The van der Waals surface area contributed by atoms with E-state index < -0.39 is 11.1 Å². The first-order valence-corrected chi connectivity index (χ1v) is 3.15. The first-order chi connectivity index (χ1) is 3.80. The Balaban J connectivity index is 2.57. The lowest BCUT2D eigenvalue weighted by Crippen LogP contribution is -2.05. The molecular weight excluding hydrogens is 130 g/mol. The highest BCUT2D eigenvalue weighted by molar-refractivity contribution is 7.95. The predicted octanol–water partition coefficient (Wildman–Crippen LogP) is -0.748. The normalized spacial score (nSPS) is 21.9. The number of hydrogen-bond acceptors (Lipinski definition) is 4. The van der Waals surface area contributed by atoms with Crippen molar-refractivity contribution in [1.82, 2.24) is 0 Å². The van der Waals surface area contributed by atoms with Gasteiger partial charge in [0, 0.05) is 11.1 Å². The Kier molecular flexibility index (Phi) is 1.59. The maximum atomic E-state index is 9.95. The van der Waals surface area contributed by atoms with Crippen molar-refractivity contribution in [3.8, 4) is 0 Å². The quantitative estimate of drug-likeness (QED) is 0.409. The van der Waals surface area contributed by atoms with Crippen molar-refractivity contribution in [1.29, 1.82) is 0 Å². The van der Waals surface area contributed by atoms with Gasteiger partial charge in [-0.2, -0.15) is 0 Å². The van der Waals surface area contributed by atoms with Crippen molar-refractivity contribution in [2.45, 2.75) is 0 Å². The van der Waals surface area contributed by atoms with Gasteiger partial charge in [-0.3, -0.25) is 4.21 Å². The molecule has 5 heteroatoms. The molecule has 46 valence electrons. The zero-order valence-electron chi connectivity index (χ0n) is 3.99. The minimum atomic E-state index is -2.26. The number of aliphatic imine (C=N–C) groups is 1. The highest BCUT2D eigenvalue weighted by Gasteiger charge is 2.05. The second-order valence-electron chi connectivity index (χ2n) is 1.23. The molecule has 0 bridgehead atoms. The fourth-order valence-electron chi connectivity index (χ4n) is 0.416. The smallest absolute Gasteiger partial charge is 0.263 e. The Hall–Kier alpha value is -0.420. The van der Waals surface area contributed by atoms with E-state index in [9.17, 15) is 8.76 Å². The van der Waals surface area contributed by atoms with Gasteiger partial charge in [0.2, 0.25) is 0 Å². The van der Waals surface area contributed by atoms with Crippen LogP contribution in [0, 0.1) is 0 Å². The van der Waals surface area contributed by atoms with E-state index in [0.717, 1.165) is 0 Å². The van der Waals surface area contributed by atoms with Crippen molar-refractivity contribution < 1.29 is 13.5 Å². The van der Waals surface area contributed by atoms with Crippen LogP contribution in [0.5, 0.6) is 0 Å². The number of hydrogen-bond donors (Lipinski definition) is 0. The molecule has 0 spiro atoms. The lowest BCUT2D eigenvalue weighted by molar-refractivity contribution is 0.351. The highest BCUT2D eigenvalue weighted by Crippen LogP contribution is 1.95. The average Bonchev–Trinajstić information content (AvgIpc) is 2.12. The fourth-order valence-corrected chi connectivity index (χ4v) is 0.793. The van der Waals surface area contributed by atoms with Crippen LogP contribution in [0.4, 0.5) is 0 Å². The van der Waals surface area contributed by atoms with Crippen molar-refractivity contribution in [2.24, 2.45) is 4.99 Å². The van der Waals surface area contributed by atoms with Gasteiger partial charge in [0.15, 0.2) is 0 Å². The molecule has 1 unspecified atom stereocenters. The van der Waals surface area contributed by atoms with E-state index in [1.807, 2.05) is 0 Å². The van der Waals surface area contributed by atoms with Gasteiger partial charge in [-0.15, -0.1) is 0 Å². The van der Waals surface area contributed by atoms with Crippen molar-refractivity contribution in [3.05, 3.63) is 0 Å². The molecule has 0 amide bonds. The van der Waals surface area contributed by atoms with Gasteiger partial charge in [0.1, 0.15) is 6.61 Å². The molecule has 1 aliphatic rings. The summed E-state index contributed by atoms with van der Waals surface area (Å²) in [6.45, 7) is 0.854. The van der Waals surface area contributed by atoms with Crippen LogP contribution in [0.15, 0.2) is 4.99 Å². The maximum Gasteiger partial charge on any atom is 0.263 e. The highest BCUT2D eigenvalue weighted by atomic mass is 32.2. The topological polar surface area (TPSA) is 61.7 Å². The monoisotopic (exact) mass is 134 g/mol. The van der Waals surface area contributed by atoms with Crippen molar-refractivity contribution >= 4 is 16.3 Å². The summed E-state index contributed by atoms with van der Waals surface area (Å²) >= 11 is -2.26. The Morgan fingerprint density at radius 2 is 2.62 bits per heavy atom. The molecule has 8 heavy (non-hydrogen) atoms. The van der Waals surface area contributed by atoms with Gasteiger partial charge in [0.25, 0.3) is 5.23 Å². The molecule has 0 aromatic rings. The summed E-state index contributed by atoms with van der Waals surface area (Å²) in [5.41, 5.74) is 0. The standard InChI is InChI=1S/C3H5NO3S/c5-8(6)3-4-1-2-7-3/h1-2H2,(H,5,6)/p-1. The summed E-state index contributed by atoms with van der Waals surface area (Å²) in [4.78, 5) is 3.52. The molecule has 1 heterocycles. The summed E-state index contributed by atoms with van der Waals surface area (Å²) in [6.07, 6.45) is 0. The number of nitrogens with zero attached hydrogens (tertiary/aromatic N) is 1. The number of rotatable bonds is 0. The van der Waals surface area contributed by atoms with Crippen LogP contribution >= 0.6 is 0 Å². The predicted molar refractivity (Wildman–Crippen MR) is 27.2 cm³/mol. The van der Waals surface area contributed by atoms with Crippen LogP contribution in [0.25, 0.3) is 0 Å². The van der Waals surface area contributed by atoms with Crippen molar-refractivity contribution in [3.63, 3.8) is 0 Å². The van der Waals surface area contributed by atoms with Gasteiger partial charge in [-0.1, -0.05) is 0 Å². The van der Waals surface area contributed by atoms with Gasteiger partial charge in [-0.05, 0) is 0 Å². The molecule has 1 rings (SSSR count). The second-order valence-corrected chi connectivity index (χ2v) is 2.05. The van der Waals surface area contributed by atoms with E-state index in [0.29, 0.717) is 13.2 Å². The van der Waals surface area contributed by atoms with Crippen LogP contribution in [0.3, 0.4) is 0 Å². The third kappa shape index (κ3) is 1.05. The van der Waals surface area contributed by atoms with Gasteiger partial charge in [0.05, 0.1) is 6.54 Å². The molecule has 0 aromatic carbocycles. The fraction of sp³-hybridized carbons (Fsp3) is 0.667. The summed E-state index contributed by atoms with van der Waals surface area (Å²) < 4.78 is 24.4. The average molecular weight is 134 g/mol. The Morgan fingerprint density at radius 1 is 1.88 bits per heavy atom. The SMILES string of the molecule is O=S([O-])C1=NCCO1. The Morgan fingerprint density at radius 3 is 2.88 bits per heavy atom. The summed E-state index contributed by atoms with van der Waals surface area (Å²) in [7, 11) is 0. The van der Waals surface area contributed by atoms with E-state index in [2.05, 4.69) is 9.73 Å². The first kappa shape index (κ1) is 5.71. The summed E-state index contributed by atoms with van der Waals surface area (Å²) in [6, 6.07) is 0. The second kappa shape index (κ2) is 2.23. The largest absolute Gasteiger partial charge is 0.765 e. The molecule has 0 saturated heterocycles. The van der Waals surface area contributed by atoms with E-state index >= 15 is 0 Å². The van der Waals surface area contributed by atoms with Crippen LogP contribution < -0.4 is 0 Å². The number of ether oxygens (including phenoxy) is 1. The molecule has 0 saturated carbocycles. The minimum absolute atomic E-state index is 0.162. The summed E-state index contributed by atoms with van der Waals surface area (Å²) in [5, 5.41) is -0.162. The maximum absolute atomic E-state index is 9.95. The lowest BCUT2D eigenvalue weighted by Gasteiger charge is -2.01. The van der Waals surface area contributed by atoms with Gasteiger partial charge < -0.3 is 9.29 Å². The van der Waals surface area contributed by atoms with Crippen LogP contribution in [-0.2, 0) is 15.8 Å². The summed E-state index contributed by atoms with van der Waals surface area (Å²) in [5.74, 6) is 0. The molecule has 0 aliphatic carbocycles. The van der Waals surface area contributed by atoms with E-state index in [4.69, 9.17) is 0 Å². The Bertz CT molecular complexity index is 143. The van der Waals surface area contributed by atoms with Crippen LogP contribution in [0.1, 0.15) is 0 Å². The third-order valence-corrected chi connectivity index (χ3v) is 1.23. The van der Waals surface area contributed by atoms with E-state index in [1.165, 1.54) is 0 Å². The van der Waals surface area contributed by atoms with E-state index in [1.54, 1.807) is 0 Å². The first-order valence-electron chi connectivity index (χ1n) is 2.07. The van der Waals surface area contributed by atoms with Crippen LogP contribution in [-0.4, -0.2) is 27.1 Å². The molecule has 4 nitrogen and oxygen atoms in total. The zero-order chi connectivity index (χ0) is 5.98. The lowest BCUT2D eigenvalue weighted by atomic mass is 10.8. The van der Waals surface area contributed by atoms with Gasteiger partial charge in [-0.25, -0.2) is 4.99 Å². The molecular formula is C3H4NO3S-. The molecule has 1 aliphatic heterocycles.